The summed E-state index contributed by atoms with van der Waals surface area (Å²) in [6.07, 6.45) is 0.265. The van der Waals surface area contributed by atoms with Gasteiger partial charge in [-0.1, -0.05) is 24.3 Å². The molecule has 2 aromatic carbocycles. The predicted molar refractivity (Wildman–Crippen MR) is 106 cm³/mol. The van der Waals surface area contributed by atoms with E-state index in [0.717, 1.165) is 22.5 Å². The van der Waals surface area contributed by atoms with Gasteiger partial charge in [0.2, 0.25) is 11.8 Å². The number of hydrogen-bond acceptors (Lipinski definition) is 3. The fourth-order valence-electron chi connectivity index (χ4n) is 2.70. The molecule has 2 rings (SSSR count). The molecule has 0 heterocycles. The zero-order valence-corrected chi connectivity index (χ0v) is 16.0. The van der Waals surface area contributed by atoms with Gasteiger partial charge in [0.15, 0.2) is 0 Å². The van der Waals surface area contributed by atoms with Gasteiger partial charge in [0.05, 0.1) is 0 Å². The van der Waals surface area contributed by atoms with Gasteiger partial charge >= 0.3 is 0 Å². The Morgan fingerprint density at radius 2 is 1.58 bits per heavy atom. The molecule has 5 nitrogen and oxygen atoms in total. The molecule has 1 N–H and O–H groups in total. The molecule has 0 atom stereocenters. The van der Waals surface area contributed by atoms with E-state index >= 15 is 0 Å². The number of nitrogens with one attached hydrogen (secondary N) is 1. The summed E-state index contributed by atoms with van der Waals surface area (Å²) in [7, 11) is 3.94. The molecule has 26 heavy (non-hydrogen) atoms. The Labute approximate surface area is 155 Å². The van der Waals surface area contributed by atoms with Crippen molar-refractivity contribution in [3.63, 3.8) is 0 Å². The lowest BCUT2D eigenvalue weighted by Crippen LogP contribution is -2.33. The van der Waals surface area contributed by atoms with Crippen LogP contribution in [0.4, 0.5) is 11.4 Å². The van der Waals surface area contributed by atoms with E-state index in [1.54, 1.807) is 4.90 Å². The molecule has 2 aromatic rings. The van der Waals surface area contributed by atoms with Gasteiger partial charge in [-0.15, -0.1) is 0 Å². The Morgan fingerprint density at radius 1 is 0.962 bits per heavy atom. The minimum Gasteiger partial charge on any atom is -0.378 e. The Hall–Kier alpha value is -2.82. The number of aryl methyl sites for hydroxylation is 1. The monoisotopic (exact) mass is 353 g/mol. The largest absolute Gasteiger partial charge is 0.378 e. The van der Waals surface area contributed by atoms with Crippen molar-refractivity contribution < 1.29 is 9.59 Å². The molecule has 0 radical (unpaired) electrons. The van der Waals surface area contributed by atoms with E-state index in [-0.39, 0.29) is 18.2 Å². The van der Waals surface area contributed by atoms with Crippen LogP contribution >= 0.6 is 0 Å². The first-order valence-electron chi connectivity index (χ1n) is 8.75. The smallest absolute Gasteiger partial charge is 0.223 e. The summed E-state index contributed by atoms with van der Waals surface area (Å²) >= 11 is 0. The van der Waals surface area contributed by atoms with Crippen molar-refractivity contribution in [2.75, 3.05) is 30.4 Å². The molecule has 5 heteroatoms. The van der Waals surface area contributed by atoms with Crippen LogP contribution in [-0.4, -0.2) is 32.5 Å². The summed E-state index contributed by atoms with van der Waals surface area (Å²) in [5, 5.41) is 2.93. The van der Waals surface area contributed by atoms with Gasteiger partial charge in [0.25, 0.3) is 0 Å². The van der Waals surface area contributed by atoms with Crippen molar-refractivity contribution in [1.29, 1.82) is 0 Å². The summed E-state index contributed by atoms with van der Waals surface area (Å²) in [5.41, 5.74) is 4.12. The van der Waals surface area contributed by atoms with Crippen molar-refractivity contribution in [3.05, 3.63) is 59.7 Å². The maximum atomic E-state index is 12.2. The molecule has 0 bridgehead atoms. The van der Waals surface area contributed by atoms with Crippen molar-refractivity contribution >= 4 is 23.2 Å². The zero-order chi connectivity index (χ0) is 19.1. The minimum atomic E-state index is -0.0747. The molecule has 0 fully saturated rings. The number of carbonyl (C=O) groups is 2. The summed E-state index contributed by atoms with van der Waals surface area (Å²) in [6, 6.07) is 15.7. The molecular weight excluding hydrogens is 326 g/mol. The lowest BCUT2D eigenvalue weighted by molar-refractivity contribution is -0.121. The second kappa shape index (κ2) is 9.04. The lowest BCUT2D eigenvalue weighted by Gasteiger charge is -2.22. The summed E-state index contributed by atoms with van der Waals surface area (Å²) in [4.78, 5) is 27.8. The van der Waals surface area contributed by atoms with Gasteiger partial charge in [0, 0.05) is 51.9 Å². The van der Waals surface area contributed by atoms with Crippen LogP contribution in [0.1, 0.15) is 24.5 Å². The fraction of sp³-hybridized carbons (Fsp3) is 0.333. The van der Waals surface area contributed by atoms with Crippen LogP contribution in [0, 0.1) is 6.92 Å². The molecule has 0 unspecified atom stereocenters. The topological polar surface area (TPSA) is 52.7 Å². The number of hydrogen-bond donors (Lipinski definition) is 1. The molecule has 0 saturated carbocycles. The summed E-state index contributed by atoms with van der Waals surface area (Å²) in [6.45, 7) is 4.40. The number of anilines is 2. The molecule has 0 aliphatic rings. The third-order valence-corrected chi connectivity index (χ3v) is 4.36. The second-order valence-electron chi connectivity index (χ2n) is 6.53. The lowest BCUT2D eigenvalue weighted by atomic mass is 10.1. The second-order valence-corrected chi connectivity index (χ2v) is 6.53. The standard InChI is InChI=1S/C21H27N3O2/c1-16-7-5-6-8-18(16)15-22-21(26)13-14-24(17(2)25)20-11-9-19(10-12-20)23(3)4/h5-12H,13-15H2,1-4H3,(H,22,26). The van der Waals surface area contributed by atoms with E-state index in [9.17, 15) is 9.59 Å². The van der Waals surface area contributed by atoms with Crippen LogP contribution < -0.4 is 15.1 Å². The molecule has 0 aromatic heterocycles. The minimum absolute atomic E-state index is 0.0654. The highest BCUT2D eigenvalue weighted by molar-refractivity contribution is 5.92. The van der Waals surface area contributed by atoms with Gasteiger partial charge in [-0.3, -0.25) is 9.59 Å². The van der Waals surface area contributed by atoms with Crippen molar-refractivity contribution in [3.8, 4) is 0 Å². The molecular formula is C21H27N3O2. The first-order valence-corrected chi connectivity index (χ1v) is 8.75. The Bertz CT molecular complexity index is 754. The molecule has 138 valence electrons. The van der Waals surface area contributed by atoms with Gasteiger partial charge in [-0.2, -0.15) is 0 Å². The van der Waals surface area contributed by atoms with E-state index in [1.165, 1.54) is 6.92 Å². The van der Waals surface area contributed by atoms with E-state index in [4.69, 9.17) is 0 Å². The molecule has 2 amide bonds. The van der Waals surface area contributed by atoms with E-state index < -0.39 is 0 Å². The van der Waals surface area contributed by atoms with Crippen LogP contribution in [0.3, 0.4) is 0 Å². The maximum Gasteiger partial charge on any atom is 0.223 e. The summed E-state index contributed by atoms with van der Waals surface area (Å²) in [5.74, 6) is -0.140. The van der Waals surface area contributed by atoms with Crippen LogP contribution in [0.5, 0.6) is 0 Å². The van der Waals surface area contributed by atoms with Crippen molar-refractivity contribution in [2.24, 2.45) is 0 Å². The van der Waals surface area contributed by atoms with Gasteiger partial charge < -0.3 is 15.1 Å². The van der Waals surface area contributed by atoms with E-state index in [1.807, 2.05) is 74.4 Å². The quantitative estimate of drug-likeness (QED) is 0.832. The zero-order valence-electron chi connectivity index (χ0n) is 16.0. The van der Waals surface area contributed by atoms with Crippen molar-refractivity contribution in [1.82, 2.24) is 5.32 Å². The molecule has 0 aliphatic heterocycles. The van der Waals surface area contributed by atoms with E-state index in [0.29, 0.717) is 13.1 Å². The molecule has 0 aliphatic carbocycles. The van der Waals surface area contributed by atoms with Gasteiger partial charge in [-0.05, 0) is 42.3 Å². The Balaban J connectivity index is 1.92. The van der Waals surface area contributed by atoms with Gasteiger partial charge in [-0.25, -0.2) is 0 Å². The highest BCUT2D eigenvalue weighted by Crippen LogP contribution is 2.20. The first kappa shape index (κ1) is 19.5. The number of benzene rings is 2. The number of nitrogens with zero attached hydrogens (tertiary/aromatic N) is 2. The van der Waals surface area contributed by atoms with Crippen LogP contribution in [-0.2, 0) is 16.1 Å². The van der Waals surface area contributed by atoms with Crippen LogP contribution in [0.2, 0.25) is 0 Å². The SMILES string of the molecule is CC(=O)N(CCC(=O)NCc1ccccc1C)c1ccc(N(C)C)cc1. The Kier molecular flexibility index (Phi) is 6.78. The van der Waals surface area contributed by atoms with Gasteiger partial charge in [0.1, 0.15) is 0 Å². The molecule has 0 saturated heterocycles. The normalized spacial score (nSPS) is 10.3. The van der Waals surface area contributed by atoms with Crippen LogP contribution in [0.15, 0.2) is 48.5 Å². The van der Waals surface area contributed by atoms with E-state index in [2.05, 4.69) is 5.32 Å². The highest BCUT2D eigenvalue weighted by Gasteiger charge is 2.13. The third-order valence-electron chi connectivity index (χ3n) is 4.36. The maximum absolute atomic E-state index is 12.2. The predicted octanol–water partition coefficient (Wildman–Crippen LogP) is 3.12. The Morgan fingerprint density at radius 3 is 2.15 bits per heavy atom. The average Bonchev–Trinajstić information content (AvgIpc) is 2.61. The summed E-state index contributed by atoms with van der Waals surface area (Å²) < 4.78 is 0. The first-order chi connectivity index (χ1) is 12.4. The average molecular weight is 353 g/mol. The number of amides is 2. The van der Waals surface area contributed by atoms with Crippen LogP contribution in [0.25, 0.3) is 0 Å². The molecule has 0 spiro atoms. The number of rotatable bonds is 7. The fourth-order valence-corrected chi connectivity index (χ4v) is 2.70. The highest BCUT2D eigenvalue weighted by atomic mass is 16.2. The number of carbonyl (C=O) groups excluding carboxylic acids is 2. The van der Waals surface area contributed by atoms with Crippen molar-refractivity contribution in [2.45, 2.75) is 26.8 Å². The third kappa shape index (κ3) is 5.34.